The van der Waals surface area contributed by atoms with Gasteiger partial charge in [-0.3, -0.25) is 4.99 Å². The first kappa shape index (κ1) is 15.6. The monoisotopic (exact) mass is 354 g/mol. The molecule has 0 aliphatic rings. The average Bonchev–Trinajstić information content (AvgIpc) is 2.60. The molecule has 0 bridgehead atoms. The molecule has 1 rings (SSSR count). The molecule has 2 N–H and O–H groups in total. The van der Waals surface area contributed by atoms with Gasteiger partial charge >= 0.3 is 0 Å². The van der Waals surface area contributed by atoms with Gasteiger partial charge in [0, 0.05) is 31.1 Å². The zero-order chi connectivity index (χ0) is 11.4. The topological polar surface area (TPSA) is 54.5 Å². The third-order valence-corrected chi connectivity index (χ3v) is 3.24. The molecule has 0 radical (unpaired) electrons. The number of halogens is 1. The molecule has 1 heterocycles. The predicted octanol–water partition coefficient (Wildman–Crippen LogP) is 2.05. The molecule has 0 spiro atoms. The van der Waals surface area contributed by atoms with Crippen molar-refractivity contribution in [1.29, 1.82) is 0 Å². The van der Waals surface area contributed by atoms with E-state index in [1.54, 1.807) is 16.2 Å². The van der Waals surface area contributed by atoms with E-state index in [1.807, 2.05) is 21.0 Å². The normalized spacial score (nSPS) is 13.1. The summed E-state index contributed by atoms with van der Waals surface area (Å²) in [6, 6.07) is 0. The molecule has 0 amide bonds. The van der Waals surface area contributed by atoms with Crippen molar-refractivity contribution in [3.05, 3.63) is 16.1 Å². The van der Waals surface area contributed by atoms with Crippen LogP contribution in [0.25, 0.3) is 0 Å². The minimum atomic E-state index is 0. The van der Waals surface area contributed by atoms with Gasteiger partial charge in [-0.2, -0.15) is 0 Å². The molecule has 6 heteroatoms. The van der Waals surface area contributed by atoms with Crippen LogP contribution in [0, 0.1) is 6.92 Å². The van der Waals surface area contributed by atoms with E-state index in [0.717, 1.165) is 10.7 Å². The first-order valence-corrected chi connectivity index (χ1v) is 5.78. The number of rotatable bonds is 3. The maximum Gasteiger partial charge on any atom is 0.190 e. The Labute approximate surface area is 118 Å². The Morgan fingerprint density at radius 2 is 2.25 bits per heavy atom. The maximum absolute atomic E-state index is 5.71. The lowest BCUT2D eigenvalue weighted by atomic mass is 10.2. The van der Waals surface area contributed by atoms with Crippen molar-refractivity contribution in [2.24, 2.45) is 10.7 Å². The summed E-state index contributed by atoms with van der Waals surface area (Å²) < 4.78 is 0. The van der Waals surface area contributed by atoms with Crippen molar-refractivity contribution in [3.8, 4) is 0 Å². The lowest BCUT2D eigenvalue weighted by Crippen LogP contribution is -2.30. The van der Waals surface area contributed by atoms with Crippen LogP contribution in [0.3, 0.4) is 0 Å². The van der Waals surface area contributed by atoms with Gasteiger partial charge in [0.2, 0.25) is 0 Å². The zero-order valence-electron chi connectivity index (χ0n) is 10.1. The van der Waals surface area contributed by atoms with Gasteiger partial charge in [0.05, 0.1) is 11.6 Å². The molecule has 0 aliphatic carbocycles. The number of thiazole rings is 1. The summed E-state index contributed by atoms with van der Waals surface area (Å²) in [6.07, 6.45) is 0. The van der Waals surface area contributed by atoms with E-state index in [9.17, 15) is 0 Å². The van der Waals surface area contributed by atoms with Gasteiger partial charge in [0.25, 0.3) is 0 Å². The number of aliphatic imine (C=N–C) groups is 1. The summed E-state index contributed by atoms with van der Waals surface area (Å²) in [5.74, 6) is 0.900. The van der Waals surface area contributed by atoms with E-state index in [-0.39, 0.29) is 24.0 Å². The van der Waals surface area contributed by atoms with E-state index < -0.39 is 0 Å². The van der Waals surface area contributed by atoms with E-state index in [0.29, 0.717) is 18.4 Å². The third kappa shape index (κ3) is 4.65. The molecule has 0 saturated carbocycles. The van der Waals surface area contributed by atoms with Crippen LogP contribution < -0.4 is 5.73 Å². The second-order valence-corrected chi connectivity index (χ2v) is 4.71. The second-order valence-electron chi connectivity index (χ2n) is 3.82. The molecule has 0 saturated heterocycles. The number of nitrogens with two attached hydrogens (primary N) is 1. The molecule has 4 nitrogen and oxygen atoms in total. The van der Waals surface area contributed by atoms with Crippen molar-refractivity contribution < 1.29 is 0 Å². The number of hydrogen-bond acceptors (Lipinski definition) is 3. The quantitative estimate of drug-likeness (QED) is 0.514. The fourth-order valence-electron chi connectivity index (χ4n) is 1.05. The van der Waals surface area contributed by atoms with Gasteiger partial charge < -0.3 is 10.6 Å². The van der Waals surface area contributed by atoms with E-state index in [1.165, 1.54) is 0 Å². The summed E-state index contributed by atoms with van der Waals surface area (Å²) in [4.78, 5) is 10.5. The van der Waals surface area contributed by atoms with Gasteiger partial charge in [-0.25, -0.2) is 4.98 Å². The summed E-state index contributed by atoms with van der Waals surface area (Å²) in [6.45, 7) is 4.81. The molecule has 1 unspecified atom stereocenters. The van der Waals surface area contributed by atoms with Crippen LogP contribution in [-0.4, -0.2) is 36.5 Å². The Morgan fingerprint density at radius 3 is 2.69 bits per heavy atom. The molecular weight excluding hydrogens is 335 g/mol. The van der Waals surface area contributed by atoms with Gasteiger partial charge in [0.1, 0.15) is 0 Å². The van der Waals surface area contributed by atoms with Crippen molar-refractivity contribution in [1.82, 2.24) is 9.88 Å². The highest BCUT2D eigenvalue weighted by Gasteiger charge is 2.08. The van der Waals surface area contributed by atoms with Crippen LogP contribution in [-0.2, 0) is 0 Å². The summed E-state index contributed by atoms with van der Waals surface area (Å²) in [5, 5.41) is 3.19. The maximum atomic E-state index is 5.71. The first-order valence-electron chi connectivity index (χ1n) is 4.90. The van der Waals surface area contributed by atoms with E-state index >= 15 is 0 Å². The molecule has 0 aliphatic heterocycles. The Morgan fingerprint density at radius 1 is 1.62 bits per heavy atom. The van der Waals surface area contributed by atoms with Gasteiger partial charge in [-0.15, -0.1) is 35.3 Å². The molecule has 16 heavy (non-hydrogen) atoms. The molecular formula is C10H19IN4S. The van der Waals surface area contributed by atoms with Crippen molar-refractivity contribution in [3.63, 3.8) is 0 Å². The standard InChI is InChI=1S/C10H18N4S.HI/c1-7(5-12-10(11)14(3)4)9-13-8(2)6-15-9;/h6-7H,5H2,1-4H3,(H2,11,12);1H. The fraction of sp³-hybridized carbons (Fsp3) is 0.600. The average molecular weight is 354 g/mol. The minimum Gasteiger partial charge on any atom is -0.370 e. The molecule has 1 aromatic rings. The SMILES string of the molecule is Cc1csc(C(C)CN=C(N)N(C)C)n1.I. The smallest absolute Gasteiger partial charge is 0.190 e. The Kier molecular flexibility index (Phi) is 6.89. The number of hydrogen-bond donors (Lipinski definition) is 1. The predicted molar refractivity (Wildman–Crippen MR) is 80.9 cm³/mol. The van der Waals surface area contributed by atoms with E-state index in [4.69, 9.17) is 5.73 Å². The van der Waals surface area contributed by atoms with Gasteiger partial charge in [-0.1, -0.05) is 6.92 Å². The molecule has 1 aromatic heterocycles. The third-order valence-electron chi connectivity index (χ3n) is 2.04. The van der Waals surface area contributed by atoms with Gasteiger partial charge in [-0.05, 0) is 6.92 Å². The van der Waals surface area contributed by atoms with Crippen molar-refractivity contribution in [2.45, 2.75) is 19.8 Å². The lowest BCUT2D eigenvalue weighted by Gasteiger charge is -2.11. The van der Waals surface area contributed by atoms with Crippen molar-refractivity contribution in [2.75, 3.05) is 20.6 Å². The molecule has 0 aromatic carbocycles. The largest absolute Gasteiger partial charge is 0.370 e. The van der Waals surface area contributed by atoms with E-state index in [2.05, 4.69) is 22.3 Å². The fourth-order valence-corrected chi connectivity index (χ4v) is 1.90. The van der Waals surface area contributed by atoms with Gasteiger partial charge in [0.15, 0.2) is 5.96 Å². The summed E-state index contributed by atoms with van der Waals surface area (Å²) in [7, 11) is 3.77. The molecule has 1 atom stereocenters. The van der Waals surface area contributed by atoms with Crippen molar-refractivity contribution >= 4 is 41.3 Å². The zero-order valence-corrected chi connectivity index (χ0v) is 13.2. The van der Waals surface area contributed by atoms with Crippen LogP contribution in [0.15, 0.2) is 10.4 Å². The Hall–Kier alpha value is -0.370. The Bertz CT molecular complexity index is 348. The van der Waals surface area contributed by atoms with Crippen LogP contribution in [0.1, 0.15) is 23.5 Å². The summed E-state index contributed by atoms with van der Waals surface area (Å²) in [5.41, 5.74) is 6.78. The highest BCUT2D eigenvalue weighted by atomic mass is 127. The minimum absolute atomic E-state index is 0. The second kappa shape index (κ2) is 7.05. The van der Waals surface area contributed by atoms with Crippen LogP contribution in [0.5, 0.6) is 0 Å². The van der Waals surface area contributed by atoms with Crippen LogP contribution in [0.2, 0.25) is 0 Å². The molecule has 92 valence electrons. The van der Waals surface area contributed by atoms with Crippen LogP contribution in [0.4, 0.5) is 0 Å². The lowest BCUT2D eigenvalue weighted by molar-refractivity contribution is 0.604. The number of aromatic nitrogens is 1. The highest BCUT2D eigenvalue weighted by Crippen LogP contribution is 2.19. The Balaban J connectivity index is 0.00000225. The summed E-state index contributed by atoms with van der Waals surface area (Å²) >= 11 is 1.68. The molecule has 0 fully saturated rings. The highest BCUT2D eigenvalue weighted by molar-refractivity contribution is 14.0. The van der Waals surface area contributed by atoms with Crippen LogP contribution >= 0.6 is 35.3 Å². The number of nitrogens with zero attached hydrogens (tertiary/aromatic N) is 3. The number of aryl methyl sites for hydroxylation is 1. The first-order chi connectivity index (χ1) is 7.00. The number of guanidine groups is 1.